The number of hydrogen-bond donors (Lipinski definition) is 1. The minimum absolute atomic E-state index is 0.0236. The second-order valence-corrected chi connectivity index (χ2v) is 5.51. The van der Waals surface area contributed by atoms with Crippen molar-refractivity contribution in [3.8, 4) is 11.4 Å². The first kappa shape index (κ1) is 13.9. The van der Waals surface area contributed by atoms with Crippen LogP contribution in [0.2, 0.25) is 5.02 Å². The number of ether oxygens (including phenoxy) is 1. The van der Waals surface area contributed by atoms with Crippen molar-refractivity contribution in [1.29, 1.82) is 0 Å². The van der Waals surface area contributed by atoms with Crippen LogP contribution in [0.3, 0.4) is 0 Å². The van der Waals surface area contributed by atoms with Crippen molar-refractivity contribution in [2.75, 3.05) is 19.0 Å². The molecule has 3 aromatic rings. The maximum Gasteiger partial charge on any atom is 0.252 e. The van der Waals surface area contributed by atoms with Gasteiger partial charge >= 0.3 is 0 Å². The van der Waals surface area contributed by atoms with E-state index in [9.17, 15) is 4.79 Å². The number of carbonyl (C=O) groups is 1. The molecule has 7 nitrogen and oxygen atoms in total. The summed E-state index contributed by atoms with van der Waals surface area (Å²) in [6, 6.07) is 7.21. The van der Waals surface area contributed by atoms with Crippen molar-refractivity contribution < 1.29 is 9.53 Å². The number of fused-ring (bicyclic) bond motifs is 1. The zero-order valence-electron chi connectivity index (χ0n) is 10.9. The molecule has 108 valence electrons. The zero-order valence-corrected chi connectivity index (χ0v) is 12.5. The van der Waals surface area contributed by atoms with Crippen LogP contribution in [0.1, 0.15) is 0 Å². The van der Waals surface area contributed by atoms with Crippen molar-refractivity contribution in [3.05, 3.63) is 29.3 Å². The lowest BCUT2D eigenvalue weighted by Gasteiger charge is -1.99. The number of hydrogen-bond acceptors (Lipinski definition) is 6. The van der Waals surface area contributed by atoms with Crippen molar-refractivity contribution in [3.63, 3.8) is 0 Å². The third kappa shape index (κ3) is 2.87. The Hall–Kier alpha value is -2.03. The van der Waals surface area contributed by atoms with E-state index in [0.29, 0.717) is 20.9 Å². The highest BCUT2D eigenvalue weighted by molar-refractivity contribution is 7.20. The molecule has 0 radical (unpaired) electrons. The van der Waals surface area contributed by atoms with Crippen molar-refractivity contribution in [2.45, 2.75) is 0 Å². The number of methoxy groups -OCH3 is 1. The van der Waals surface area contributed by atoms with Crippen LogP contribution in [0.5, 0.6) is 0 Å². The van der Waals surface area contributed by atoms with Crippen LogP contribution in [0, 0.1) is 0 Å². The van der Waals surface area contributed by atoms with Gasteiger partial charge in [0.1, 0.15) is 6.61 Å². The fourth-order valence-corrected chi connectivity index (χ4v) is 2.61. The van der Waals surface area contributed by atoms with Crippen LogP contribution < -0.4 is 5.32 Å². The lowest BCUT2D eigenvalue weighted by Crippen LogP contribution is -2.17. The van der Waals surface area contributed by atoms with Crippen LogP contribution in [0.15, 0.2) is 24.3 Å². The Morgan fingerprint density at radius 3 is 2.86 bits per heavy atom. The predicted octanol–water partition coefficient (Wildman–Crippen LogP) is 2.09. The number of aromatic nitrogens is 4. The highest BCUT2D eigenvalue weighted by atomic mass is 35.5. The number of amides is 1. The summed E-state index contributed by atoms with van der Waals surface area (Å²) in [6.45, 7) is -0.0236. The van der Waals surface area contributed by atoms with Gasteiger partial charge in [0.15, 0.2) is 5.82 Å². The second kappa shape index (κ2) is 5.76. The summed E-state index contributed by atoms with van der Waals surface area (Å²) < 4.78 is 6.33. The van der Waals surface area contributed by atoms with E-state index in [0.717, 1.165) is 5.56 Å². The molecule has 0 aliphatic rings. The SMILES string of the molecule is COCC(=O)Nc1nn2c(-c3ccc(Cl)cc3)nnc2s1. The van der Waals surface area contributed by atoms with Crippen molar-refractivity contribution in [1.82, 2.24) is 19.8 Å². The van der Waals surface area contributed by atoms with E-state index >= 15 is 0 Å². The molecule has 21 heavy (non-hydrogen) atoms. The molecule has 0 unspecified atom stereocenters. The average Bonchev–Trinajstić information content (AvgIpc) is 3.00. The van der Waals surface area contributed by atoms with Gasteiger partial charge in [-0.1, -0.05) is 22.9 Å². The molecule has 0 saturated heterocycles. The summed E-state index contributed by atoms with van der Waals surface area (Å²) in [4.78, 5) is 12.1. The van der Waals surface area contributed by atoms with Gasteiger partial charge in [-0.05, 0) is 24.3 Å². The van der Waals surface area contributed by atoms with Crippen LogP contribution >= 0.6 is 22.9 Å². The molecule has 9 heteroatoms. The molecule has 1 N–H and O–H groups in total. The topological polar surface area (TPSA) is 81.4 Å². The first-order valence-corrected chi connectivity index (χ1v) is 7.14. The molecular formula is C12H10ClN5O2S. The third-order valence-electron chi connectivity index (χ3n) is 2.62. The smallest absolute Gasteiger partial charge is 0.252 e. The van der Waals surface area contributed by atoms with Gasteiger partial charge in [0.05, 0.1) is 0 Å². The van der Waals surface area contributed by atoms with Gasteiger partial charge in [0.2, 0.25) is 10.1 Å². The number of nitrogens with one attached hydrogen (secondary N) is 1. The number of halogens is 1. The van der Waals surface area contributed by atoms with E-state index < -0.39 is 0 Å². The summed E-state index contributed by atoms with van der Waals surface area (Å²) in [6.07, 6.45) is 0. The summed E-state index contributed by atoms with van der Waals surface area (Å²) in [5.74, 6) is 0.320. The van der Waals surface area contributed by atoms with Gasteiger partial charge in [-0.15, -0.1) is 15.3 Å². The minimum atomic E-state index is -0.268. The van der Waals surface area contributed by atoms with E-state index in [1.165, 1.54) is 18.4 Å². The molecule has 0 fully saturated rings. The Morgan fingerprint density at radius 2 is 2.14 bits per heavy atom. The fraction of sp³-hybridized carbons (Fsp3) is 0.167. The number of nitrogens with zero attached hydrogens (tertiary/aromatic N) is 4. The van der Waals surface area contributed by atoms with Crippen LogP contribution in [-0.2, 0) is 9.53 Å². The quantitative estimate of drug-likeness (QED) is 0.795. The average molecular weight is 324 g/mol. The Kier molecular flexibility index (Phi) is 3.82. The zero-order chi connectivity index (χ0) is 14.8. The van der Waals surface area contributed by atoms with E-state index in [-0.39, 0.29) is 12.5 Å². The number of benzene rings is 1. The highest BCUT2D eigenvalue weighted by Gasteiger charge is 2.14. The van der Waals surface area contributed by atoms with Crippen molar-refractivity contribution >= 4 is 38.9 Å². The molecule has 0 aliphatic heterocycles. The molecule has 1 amide bonds. The summed E-state index contributed by atoms with van der Waals surface area (Å²) >= 11 is 7.10. The Morgan fingerprint density at radius 1 is 1.38 bits per heavy atom. The van der Waals surface area contributed by atoms with Gasteiger partial charge < -0.3 is 4.74 Å². The molecule has 0 atom stereocenters. The van der Waals surface area contributed by atoms with Crippen LogP contribution in [-0.4, -0.2) is 39.4 Å². The van der Waals surface area contributed by atoms with Gasteiger partial charge in [-0.25, -0.2) is 0 Å². The lowest BCUT2D eigenvalue weighted by atomic mass is 10.2. The highest BCUT2D eigenvalue weighted by Crippen LogP contribution is 2.24. The molecule has 0 aliphatic carbocycles. The molecule has 0 saturated carbocycles. The normalized spacial score (nSPS) is 11.0. The minimum Gasteiger partial charge on any atom is -0.375 e. The molecular weight excluding hydrogens is 314 g/mol. The predicted molar refractivity (Wildman–Crippen MR) is 79.6 cm³/mol. The number of rotatable bonds is 4. The molecule has 0 spiro atoms. The Balaban J connectivity index is 1.93. The van der Waals surface area contributed by atoms with E-state index in [2.05, 4.69) is 20.6 Å². The monoisotopic (exact) mass is 323 g/mol. The number of anilines is 1. The molecule has 2 heterocycles. The number of carbonyl (C=O) groups excluding carboxylic acids is 1. The van der Waals surface area contributed by atoms with Crippen LogP contribution in [0.4, 0.5) is 5.13 Å². The maximum atomic E-state index is 11.5. The lowest BCUT2D eigenvalue weighted by molar-refractivity contribution is -0.119. The van der Waals surface area contributed by atoms with E-state index in [1.54, 1.807) is 16.6 Å². The van der Waals surface area contributed by atoms with E-state index in [4.69, 9.17) is 16.3 Å². The summed E-state index contributed by atoms with van der Waals surface area (Å²) in [7, 11) is 1.46. The first-order valence-electron chi connectivity index (χ1n) is 5.94. The first-order chi connectivity index (χ1) is 10.2. The summed E-state index contributed by atoms with van der Waals surface area (Å²) in [5.41, 5.74) is 0.840. The second-order valence-electron chi connectivity index (χ2n) is 4.11. The van der Waals surface area contributed by atoms with Crippen molar-refractivity contribution in [2.24, 2.45) is 0 Å². The molecule has 3 rings (SSSR count). The molecule has 2 aromatic heterocycles. The summed E-state index contributed by atoms with van der Waals surface area (Å²) in [5, 5.41) is 16.1. The Labute approximate surface area is 128 Å². The van der Waals surface area contributed by atoms with Gasteiger partial charge in [0.25, 0.3) is 5.91 Å². The van der Waals surface area contributed by atoms with E-state index in [1.807, 2.05) is 12.1 Å². The fourth-order valence-electron chi connectivity index (χ4n) is 1.73. The maximum absolute atomic E-state index is 11.5. The Bertz CT molecular complexity index is 783. The van der Waals surface area contributed by atoms with Gasteiger partial charge in [-0.2, -0.15) is 4.52 Å². The third-order valence-corrected chi connectivity index (χ3v) is 3.68. The standard InChI is InChI=1S/C12H10ClN5O2S/c1-20-6-9(19)14-11-17-18-10(15-16-12(18)21-11)7-2-4-8(13)5-3-7/h2-5H,6H2,1H3,(H,14,17,19). The van der Waals surface area contributed by atoms with Gasteiger partial charge in [0, 0.05) is 17.7 Å². The molecule has 1 aromatic carbocycles. The largest absolute Gasteiger partial charge is 0.375 e. The van der Waals surface area contributed by atoms with Crippen LogP contribution in [0.25, 0.3) is 16.3 Å². The molecule has 0 bridgehead atoms. The van der Waals surface area contributed by atoms with Gasteiger partial charge in [-0.3, -0.25) is 10.1 Å².